The number of ether oxygens (including phenoxy) is 1. The lowest BCUT2D eigenvalue weighted by Gasteiger charge is -2.27. The second kappa shape index (κ2) is 8.81. The number of carbonyl (C=O) groups is 1. The fraction of sp³-hybridized carbons (Fsp3) is 0.316. The highest BCUT2D eigenvalue weighted by Crippen LogP contribution is 2.34. The molecule has 0 spiro atoms. The molecule has 0 atom stereocenters. The van der Waals surface area contributed by atoms with Gasteiger partial charge in [0.1, 0.15) is 17.9 Å². The lowest BCUT2D eigenvalue weighted by molar-refractivity contribution is 0.0452. The Labute approximate surface area is 156 Å². The van der Waals surface area contributed by atoms with Gasteiger partial charge in [-0.3, -0.25) is 0 Å². The summed E-state index contributed by atoms with van der Waals surface area (Å²) >= 11 is 0. The molecule has 0 bridgehead atoms. The van der Waals surface area contributed by atoms with Gasteiger partial charge in [0, 0.05) is 5.41 Å². The summed E-state index contributed by atoms with van der Waals surface area (Å²) in [7, 11) is 2.15. The molecule has 2 aromatic carbocycles. The molecule has 0 radical (unpaired) electrons. The van der Waals surface area contributed by atoms with E-state index in [0.717, 1.165) is 16.9 Å². The van der Waals surface area contributed by atoms with Gasteiger partial charge in [-0.25, -0.2) is 4.79 Å². The molecule has 5 nitrogen and oxygen atoms in total. The predicted molar refractivity (Wildman–Crippen MR) is 105 cm³/mol. The first-order valence-corrected chi connectivity index (χ1v) is 8.63. The zero-order valence-electron chi connectivity index (χ0n) is 15.7. The number of rotatable bonds is 8. The number of hydrogen-bond donors (Lipinski definition) is 1. The Balaban J connectivity index is 2.28. The molecule has 26 heavy (non-hydrogen) atoms. The van der Waals surface area contributed by atoms with Gasteiger partial charge in [0.2, 0.25) is 0 Å². The van der Waals surface area contributed by atoms with Crippen LogP contribution in [0.3, 0.4) is 0 Å². The highest BCUT2D eigenvalue weighted by Gasteiger charge is 2.25. The van der Waals surface area contributed by atoms with Gasteiger partial charge in [-0.15, -0.1) is 0 Å². The van der Waals surface area contributed by atoms with Crippen LogP contribution in [-0.4, -0.2) is 39.8 Å². The first-order valence-electron chi connectivity index (χ1n) is 8.63. The maximum absolute atomic E-state index is 12.2. The normalized spacial score (nSPS) is 11.0. The molecule has 0 amide bonds. The summed E-state index contributed by atoms with van der Waals surface area (Å²) in [5, 5.41) is 10.0. The lowest BCUT2D eigenvalue weighted by atomic mass is 9.77. The smallest absolute Gasteiger partial charge is 0.342 e. The molecule has 0 saturated heterocycles. The van der Waals surface area contributed by atoms with Crippen LogP contribution >= 0.6 is 0 Å². The molecular formula is C19H24B2O5. The second-order valence-corrected chi connectivity index (χ2v) is 6.44. The average Bonchev–Trinajstić information content (AvgIpc) is 2.63. The maximum atomic E-state index is 12.2. The van der Waals surface area contributed by atoms with Crippen LogP contribution in [0.1, 0.15) is 35.3 Å². The van der Waals surface area contributed by atoms with Crippen LogP contribution in [0.25, 0.3) is 0 Å². The molecule has 0 heterocycles. The Hall–Kier alpha value is -2.40. The van der Waals surface area contributed by atoms with Gasteiger partial charge < -0.3 is 19.2 Å². The molecule has 2 aromatic rings. The van der Waals surface area contributed by atoms with Crippen molar-refractivity contribution in [1.29, 1.82) is 0 Å². The van der Waals surface area contributed by atoms with E-state index in [9.17, 15) is 9.90 Å². The largest absolute Gasteiger partial charge is 0.565 e. The van der Waals surface area contributed by atoms with Gasteiger partial charge in [-0.2, -0.15) is 0 Å². The zero-order chi connectivity index (χ0) is 19.2. The number of esters is 1. The summed E-state index contributed by atoms with van der Waals surface area (Å²) in [4.78, 5) is 12.2. The lowest BCUT2D eigenvalue weighted by Crippen LogP contribution is -2.20. The third kappa shape index (κ3) is 4.61. The van der Waals surface area contributed by atoms with E-state index in [-0.39, 0.29) is 23.3 Å². The van der Waals surface area contributed by atoms with Gasteiger partial charge in [0.25, 0.3) is 8.05 Å². The van der Waals surface area contributed by atoms with Gasteiger partial charge >= 0.3 is 13.5 Å². The van der Waals surface area contributed by atoms with Gasteiger partial charge in [0.05, 0.1) is 12.4 Å². The van der Waals surface area contributed by atoms with Crippen molar-refractivity contribution in [2.75, 3.05) is 13.2 Å². The Morgan fingerprint density at radius 2 is 1.77 bits per heavy atom. The Bertz CT molecular complexity index is 744. The second-order valence-electron chi connectivity index (χ2n) is 6.44. The van der Waals surface area contributed by atoms with Gasteiger partial charge in [0.15, 0.2) is 0 Å². The van der Waals surface area contributed by atoms with Crippen molar-refractivity contribution in [2.24, 2.45) is 0 Å². The third-order valence-corrected chi connectivity index (χ3v) is 4.35. The van der Waals surface area contributed by atoms with Crippen LogP contribution in [0.4, 0.5) is 0 Å². The number of benzene rings is 2. The number of aromatic hydroxyl groups is 1. The van der Waals surface area contributed by atoms with Crippen molar-refractivity contribution >= 4 is 21.5 Å². The molecule has 0 aliphatic carbocycles. The van der Waals surface area contributed by atoms with E-state index in [1.54, 1.807) is 6.07 Å². The summed E-state index contributed by atoms with van der Waals surface area (Å²) in [5.41, 5.74) is 1.76. The SMILES string of the molecule is BOCCOC(=O)c1cc(C(C)(C)c2ccc(OBC)cc2)ccc1O. The molecule has 2 rings (SSSR count). The van der Waals surface area contributed by atoms with Crippen molar-refractivity contribution in [1.82, 2.24) is 0 Å². The van der Waals surface area contributed by atoms with Crippen LogP contribution in [0.15, 0.2) is 42.5 Å². The fourth-order valence-electron chi connectivity index (χ4n) is 2.68. The Morgan fingerprint density at radius 1 is 1.12 bits per heavy atom. The first-order chi connectivity index (χ1) is 12.4. The Morgan fingerprint density at radius 3 is 2.38 bits per heavy atom. The van der Waals surface area contributed by atoms with E-state index >= 15 is 0 Å². The number of hydrogen-bond acceptors (Lipinski definition) is 5. The molecular weight excluding hydrogens is 330 g/mol. The number of phenolic OH excluding ortho intramolecular Hbond substituents is 1. The minimum absolute atomic E-state index is 0.0985. The molecule has 0 unspecified atom stereocenters. The van der Waals surface area contributed by atoms with E-state index in [0.29, 0.717) is 14.1 Å². The van der Waals surface area contributed by atoms with Crippen LogP contribution in [0.5, 0.6) is 11.5 Å². The maximum Gasteiger partial charge on any atom is 0.342 e. The molecule has 1 N–H and O–H groups in total. The summed E-state index contributed by atoms with van der Waals surface area (Å²) < 4.78 is 15.5. The molecule has 7 heteroatoms. The third-order valence-electron chi connectivity index (χ3n) is 4.35. The molecule has 0 aromatic heterocycles. The predicted octanol–water partition coefficient (Wildman–Crippen LogP) is 2.22. The summed E-state index contributed by atoms with van der Waals surface area (Å²) in [6.07, 6.45) is 0. The van der Waals surface area contributed by atoms with Crippen molar-refractivity contribution in [2.45, 2.75) is 26.1 Å². The van der Waals surface area contributed by atoms with Crippen molar-refractivity contribution < 1.29 is 23.9 Å². The van der Waals surface area contributed by atoms with Crippen molar-refractivity contribution in [3.8, 4) is 11.5 Å². The molecule has 0 aliphatic heterocycles. The minimum Gasteiger partial charge on any atom is -0.565 e. The first kappa shape index (κ1) is 19.9. The van der Waals surface area contributed by atoms with E-state index in [1.807, 2.05) is 37.2 Å². The summed E-state index contributed by atoms with van der Waals surface area (Å²) in [5.74, 6) is 0.155. The van der Waals surface area contributed by atoms with Crippen molar-refractivity contribution in [3.63, 3.8) is 0 Å². The van der Waals surface area contributed by atoms with E-state index in [2.05, 4.69) is 13.8 Å². The Kier molecular flexibility index (Phi) is 6.75. The van der Waals surface area contributed by atoms with Crippen LogP contribution in [-0.2, 0) is 14.8 Å². The summed E-state index contributed by atoms with van der Waals surface area (Å²) in [6, 6.07) is 12.9. The standard InChI is InChI=1S/C19H24B2O5/c1-19(2,13-4-7-15(8-5-13)26-21-3)14-6-9-17(22)16(12-14)18(23)24-10-11-25-20/h4-9,12,21-22H,10-11,20H2,1-3H3. The monoisotopic (exact) mass is 354 g/mol. The number of phenols is 1. The van der Waals surface area contributed by atoms with E-state index in [4.69, 9.17) is 14.0 Å². The molecule has 0 fully saturated rings. The quantitative estimate of drug-likeness (QED) is 0.448. The van der Waals surface area contributed by atoms with Crippen LogP contribution in [0, 0.1) is 0 Å². The highest BCUT2D eigenvalue weighted by molar-refractivity contribution is 6.26. The van der Waals surface area contributed by atoms with Crippen molar-refractivity contribution in [3.05, 3.63) is 59.2 Å². The molecule has 0 saturated carbocycles. The average molecular weight is 354 g/mol. The fourth-order valence-corrected chi connectivity index (χ4v) is 2.68. The van der Waals surface area contributed by atoms with Crippen LogP contribution < -0.4 is 4.65 Å². The topological polar surface area (TPSA) is 65.0 Å². The molecule has 0 aliphatic rings. The molecule has 136 valence electrons. The van der Waals surface area contributed by atoms with Crippen LogP contribution in [0.2, 0.25) is 6.82 Å². The summed E-state index contributed by atoms with van der Waals surface area (Å²) in [6.45, 7) is 6.52. The number of carbonyl (C=O) groups excluding carboxylic acids is 1. The van der Waals surface area contributed by atoms with E-state index < -0.39 is 5.97 Å². The minimum atomic E-state index is -0.566. The van der Waals surface area contributed by atoms with Gasteiger partial charge in [-0.1, -0.05) is 38.9 Å². The van der Waals surface area contributed by atoms with E-state index in [1.165, 1.54) is 14.1 Å². The van der Waals surface area contributed by atoms with Gasteiger partial charge in [-0.05, 0) is 35.4 Å². The zero-order valence-corrected chi connectivity index (χ0v) is 15.7. The highest BCUT2D eigenvalue weighted by atomic mass is 16.5.